The lowest BCUT2D eigenvalue weighted by Crippen LogP contribution is -2.10. The minimum absolute atomic E-state index is 0. The summed E-state index contributed by atoms with van der Waals surface area (Å²) < 4.78 is 0. The Labute approximate surface area is 87.2 Å². The van der Waals surface area contributed by atoms with Crippen LogP contribution >= 0.6 is 23.7 Å². The highest BCUT2D eigenvalue weighted by molar-refractivity contribution is 7.07. The number of hydrogen-bond donors (Lipinski definition) is 2. The second-order valence-electron chi connectivity index (χ2n) is 2.66. The van der Waals surface area contributed by atoms with Crippen molar-refractivity contribution in [1.29, 1.82) is 0 Å². The van der Waals surface area contributed by atoms with E-state index in [1.807, 2.05) is 23.7 Å². The molecule has 0 saturated carbocycles. The molecule has 3 N–H and O–H groups in total. The Morgan fingerprint density at radius 1 is 1.38 bits per heavy atom. The molecule has 0 fully saturated rings. The summed E-state index contributed by atoms with van der Waals surface area (Å²) in [4.78, 5) is 3.10. The molecular weight excluding hydrogens is 204 g/mol. The highest BCUT2D eigenvalue weighted by atomic mass is 35.5. The van der Waals surface area contributed by atoms with Gasteiger partial charge in [-0.25, -0.2) is 0 Å². The van der Waals surface area contributed by atoms with E-state index in [4.69, 9.17) is 5.73 Å². The van der Waals surface area contributed by atoms with Crippen molar-refractivity contribution in [2.45, 2.75) is 6.04 Å². The first-order chi connectivity index (χ1) is 5.88. The summed E-state index contributed by atoms with van der Waals surface area (Å²) in [5.74, 6) is 0. The molecule has 0 saturated heterocycles. The fraction of sp³-hybridized carbons (Fsp3) is 0.111. The third-order valence-electron chi connectivity index (χ3n) is 1.86. The van der Waals surface area contributed by atoms with Crippen molar-refractivity contribution in [1.82, 2.24) is 4.98 Å². The van der Waals surface area contributed by atoms with Gasteiger partial charge in [-0.05, 0) is 34.5 Å². The molecule has 0 aliphatic rings. The third-order valence-corrected chi connectivity index (χ3v) is 2.56. The van der Waals surface area contributed by atoms with Crippen molar-refractivity contribution in [3.05, 3.63) is 46.4 Å². The fourth-order valence-corrected chi connectivity index (χ4v) is 1.87. The monoisotopic (exact) mass is 214 g/mol. The topological polar surface area (TPSA) is 41.8 Å². The first-order valence-corrected chi connectivity index (χ1v) is 4.73. The Bertz CT molecular complexity index is 294. The van der Waals surface area contributed by atoms with Crippen molar-refractivity contribution >= 4 is 23.7 Å². The molecule has 0 spiro atoms. The summed E-state index contributed by atoms with van der Waals surface area (Å²) in [5.41, 5.74) is 8.21. The second kappa shape index (κ2) is 4.46. The molecule has 2 nitrogen and oxygen atoms in total. The van der Waals surface area contributed by atoms with Crippen molar-refractivity contribution in [3.63, 3.8) is 0 Å². The van der Waals surface area contributed by atoms with Gasteiger partial charge in [0.2, 0.25) is 0 Å². The number of hydrogen-bond acceptors (Lipinski definition) is 2. The van der Waals surface area contributed by atoms with Gasteiger partial charge in [-0.1, -0.05) is 0 Å². The second-order valence-corrected chi connectivity index (χ2v) is 3.44. The van der Waals surface area contributed by atoms with E-state index in [2.05, 4.69) is 16.4 Å². The van der Waals surface area contributed by atoms with E-state index in [1.54, 1.807) is 11.3 Å². The average Bonchev–Trinajstić information content (AvgIpc) is 2.77. The van der Waals surface area contributed by atoms with E-state index in [0.717, 1.165) is 5.69 Å². The zero-order valence-electron chi connectivity index (χ0n) is 6.94. The SMILES string of the molecule is Cl.N[C@H](c1ccsc1)c1ccc[nH]1. The summed E-state index contributed by atoms with van der Waals surface area (Å²) in [5, 5.41) is 4.11. The highest BCUT2D eigenvalue weighted by Gasteiger charge is 2.08. The summed E-state index contributed by atoms with van der Waals surface area (Å²) in [6.45, 7) is 0. The number of halogens is 1. The summed E-state index contributed by atoms with van der Waals surface area (Å²) in [6, 6.07) is 6.01. The molecule has 13 heavy (non-hydrogen) atoms. The quantitative estimate of drug-likeness (QED) is 0.793. The normalized spacial score (nSPS) is 12.1. The lowest BCUT2D eigenvalue weighted by molar-refractivity contribution is 0.843. The maximum Gasteiger partial charge on any atom is 0.0712 e. The van der Waals surface area contributed by atoms with Crippen LogP contribution in [0.3, 0.4) is 0 Å². The molecule has 4 heteroatoms. The van der Waals surface area contributed by atoms with E-state index < -0.39 is 0 Å². The largest absolute Gasteiger partial charge is 0.363 e. The minimum Gasteiger partial charge on any atom is -0.363 e. The van der Waals surface area contributed by atoms with Crippen LogP contribution in [0.25, 0.3) is 0 Å². The molecule has 0 radical (unpaired) electrons. The average molecular weight is 215 g/mol. The molecule has 2 aromatic rings. The number of nitrogens with two attached hydrogens (primary N) is 1. The van der Waals surface area contributed by atoms with Crippen LogP contribution in [0.2, 0.25) is 0 Å². The van der Waals surface area contributed by atoms with E-state index in [0.29, 0.717) is 0 Å². The zero-order valence-corrected chi connectivity index (χ0v) is 8.57. The molecule has 70 valence electrons. The first-order valence-electron chi connectivity index (χ1n) is 3.79. The summed E-state index contributed by atoms with van der Waals surface area (Å²) in [6.07, 6.45) is 1.89. The zero-order chi connectivity index (χ0) is 8.39. The Morgan fingerprint density at radius 3 is 2.77 bits per heavy atom. The van der Waals surface area contributed by atoms with Gasteiger partial charge in [0.15, 0.2) is 0 Å². The molecule has 0 amide bonds. The number of thiophene rings is 1. The van der Waals surface area contributed by atoms with Crippen LogP contribution in [0.4, 0.5) is 0 Å². The number of aromatic amines is 1. The molecule has 2 aromatic heterocycles. The number of nitrogens with one attached hydrogen (secondary N) is 1. The van der Waals surface area contributed by atoms with Crippen molar-refractivity contribution in [2.24, 2.45) is 5.73 Å². The minimum atomic E-state index is -0.00810. The fourth-order valence-electron chi connectivity index (χ4n) is 1.17. The standard InChI is InChI=1S/C9H10N2S.ClH/c10-9(7-3-5-12-6-7)8-2-1-4-11-8;/h1-6,9,11H,10H2;1H/t9-;/m1./s1. The van der Waals surface area contributed by atoms with Gasteiger partial charge in [-0.3, -0.25) is 0 Å². The molecule has 1 atom stereocenters. The predicted molar refractivity (Wildman–Crippen MR) is 58.4 cm³/mol. The Balaban J connectivity index is 0.000000845. The van der Waals surface area contributed by atoms with Crippen LogP contribution in [0.5, 0.6) is 0 Å². The number of H-pyrrole nitrogens is 1. The molecular formula is C9H11ClN2S. The van der Waals surface area contributed by atoms with E-state index in [9.17, 15) is 0 Å². The van der Waals surface area contributed by atoms with Gasteiger partial charge < -0.3 is 10.7 Å². The summed E-state index contributed by atoms with van der Waals surface area (Å²) >= 11 is 1.67. The molecule has 0 bridgehead atoms. The molecule has 2 rings (SSSR count). The molecule has 0 aliphatic heterocycles. The molecule has 0 aliphatic carbocycles. The molecule has 0 unspecified atom stereocenters. The predicted octanol–water partition coefficient (Wildman–Crippen LogP) is 2.55. The van der Waals surface area contributed by atoms with Crippen molar-refractivity contribution in [2.75, 3.05) is 0 Å². The van der Waals surface area contributed by atoms with Gasteiger partial charge in [0.05, 0.1) is 6.04 Å². The van der Waals surface area contributed by atoms with Gasteiger partial charge in [0.1, 0.15) is 0 Å². The van der Waals surface area contributed by atoms with E-state index in [1.165, 1.54) is 5.56 Å². The Hall–Kier alpha value is -0.770. The van der Waals surface area contributed by atoms with E-state index >= 15 is 0 Å². The van der Waals surface area contributed by atoms with Crippen LogP contribution < -0.4 is 5.73 Å². The van der Waals surface area contributed by atoms with Crippen LogP contribution in [0.1, 0.15) is 17.3 Å². The Kier molecular flexibility index (Phi) is 3.54. The maximum atomic E-state index is 5.98. The smallest absolute Gasteiger partial charge is 0.0712 e. The molecule has 0 aromatic carbocycles. The third kappa shape index (κ3) is 2.12. The van der Waals surface area contributed by atoms with Gasteiger partial charge in [0.25, 0.3) is 0 Å². The van der Waals surface area contributed by atoms with E-state index in [-0.39, 0.29) is 18.4 Å². The highest BCUT2D eigenvalue weighted by Crippen LogP contribution is 2.19. The van der Waals surface area contributed by atoms with Gasteiger partial charge in [-0.2, -0.15) is 11.3 Å². The van der Waals surface area contributed by atoms with Crippen LogP contribution in [0, 0.1) is 0 Å². The first kappa shape index (κ1) is 10.3. The summed E-state index contributed by atoms with van der Waals surface area (Å²) in [7, 11) is 0. The Morgan fingerprint density at radius 2 is 2.23 bits per heavy atom. The van der Waals surface area contributed by atoms with Crippen LogP contribution in [-0.2, 0) is 0 Å². The number of rotatable bonds is 2. The van der Waals surface area contributed by atoms with Crippen LogP contribution in [-0.4, -0.2) is 4.98 Å². The number of aromatic nitrogens is 1. The lowest BCUT2D eigenvalue weighted by Gasteiger charge is -2.06. The van der Waals surface area contributed by atoms with Crippen molar-refractivity contribution in [3.8, 4) is 0 Å². The van der Waals surface area contributed by atoms with Gasteiger partial charge in [0, 0.05) is 11.9 Å². The lowest BCUT2D eigenvalue weighted by atomic mass is 10.1. The van der Waals surface area contributed by atoms with Crippen LogP contribution in [0.15, 0.2) is 35.2 Å². The molecule has 2 heterocycles. The van der Waals surface area contributed by atoms with Gasteiger partial charge in [-0.15, -0.1) is 12.4 Å². The maximum absolute atomic E-state index is 5.98. The van der Waals surface area contributed by atoms with Crippen molar-refractivity contribution < 1.29 is 0 Å². The van der Waals surface area contributed by atoms with Gasteiger partial charge >= 0.3 is 0 Å².